The summed E-state index contributed by atoms with van der Waals surface area (Å²) in [5.74, 6) is 0.955. The van der Waals surface area contributed by atoms with E-state index < -0.39 is 0 Å². The molecule has 0 bridgehead atoms. The Bertz CT molecular complexity index is 395. The molecule has 1 heterocycles. The van der Waals surface area contributed by atoms with Crippen LogP contribution in [-0.4, -0.2) is 26.9 Å². The molecule has 0 saturated carbocycles. The third-order valence-corrected chi connectivity index (χ3v) is 3.75. The Morgan fingerprint density at radius 1 is 1.53 bits per heavy atom. The van der Waals surface area contributed by atoms with E-state index in [0.717, 1.165) is 29.8 Å². The summed E-state index contributed by atoms with van der Waals surface area (Å²) in [6, 6.07) is 4.30. The summed E-state index contributed by atoms with van der Waals surface area (Å²) in [5, 5.41) is 3.46. The second kappa shape index (κ2) is 5.85. The monoisotopic (exact) mass is 299 g/mol. The Labute approximate surface area is 111 Å². The van der Waals surface area contributed by atoms with Gasteiger partial charge in [0.25, 0.3) is 0 Å². The first-order valence-electron chi connectivity index (χ1n) is 5.94. The van der Waals surface area contributed by atoms with E-state index in [-0.39, 0.29) is 6.04 Å². The van der Waals surface area contributed by atoms with Gasteiger partial charge in [-0.3, -0.25) is 0 Å². The summed E-state index contributed by atoms with van der Waals surface area (Å²) in [5.41, 5.74) is 2.54. The zero-order chi connectivity index (χ0) is 12.3. The average Bonchev–Trinajstić information content (AvgIpc) is 2.54. The largest absolute Gasteiger partial charge is 0.496 e. The van der Waals surface area contributed by atoms with E-state index in [1.165, 1.54) is 11.1 Å². The van der Waals surface area contributed by atoms with Crippen molar-refractivity contribution in [2.75, 3.05) is 26.9 Å². The molecule has 0 aromatic heterocycles. The molecule has 1 aromatic rings. The minimum atomic E-state index is 0.238. The van der Waals surface area contributed by atoms with Gasteiger partial charge in [-0.05, 0) is 30.7 Å². The van der Waals surface area contributed by atoms with E-state index in [0.29, 0.717) is 6.61 Å². The zero-order valence-corrected chi connectivity index (χ0v) is 11.8. The van der Waals surface area contributed by atoms with Gasteiger partial charge in [-0.15, -0.1) is 0 Å². The van der Waals surface area contributed by atoms with Crippen LogP contribution in [0.15, 0.2) is 16.6 Å². The van der Waals surface area contributed by atoms with Crippen LogP contribution in [0.5, 0.6) is 5.75 Å². The fraction of sp³-hybridized carbons (Fsp3) is 0.538. The molecule has 0 spiro atoms. The van der Waals surface area contributed by atoms with E-state index in [2.05, 4.69) is 28.2 Å². The number of methoxy groups -OCH3 is 1. The highest BCUT2D eigenvalue weighted by atomic mass is 79.9. The molecule has 0 aliphatic carbocycles. The lowest BCUT2D eigenvalue weighted by Crippen LogP contribution is -2.25. The highest BCUT2D eigenvalue weighted by Crippen LogP contribution is 2.35. The van der Waals surface area contributed by atoms with Gasteiger partial charge in [-0.2, -0.15) is 0 Å². The average molecular weight is 300 g/mol. The maximum atomic E-state index is 5.66. The Balaban J connectivity index is 2.47. The maximum absolute atomic E-state index is 5.66. The summed E-state index contributed by atoms with van der Waals surface area (Å²) in [6.45, 7) is 4.50. The van der Waals surface area contributed by atoms with Crippen LogP contribution in [-0.2, 0) is 11.2 Å². The van der Waals surface area contributed by atoms with Crippen LogP contribution in [0.2, 0.25) is 0 Å². The molecule has 1 aliphatic rings. The second-order valence-electron chi connectivity index (χ2n) is 4.08. The van der Waals surface area contributed by atoms with Gasteiger partial charge in [0.05, 0.1) is 26.4 Å². The smallest absolute Gasteiger partial charge is 0.122 e. The lowest BCUT2D eigenvalue weighted by atomic mass is 9.98. The van der Waals surface area contributed by atoms with Crippen LogP contribution in [0, 0.1) is 0 Å². The van der Waals surface area contributed by atoms with Crippen LogP contribution >= 0.6 is 15.9 Å². The van der Waals surface area contributed by atoms with Crippen molar-refractivity contribution < 1.29 is 9.47 Å². The Morgan fingerprint density at radius 3 is 3.06 bits per heavy atom. The minimum Gasteiger partial charge on any atom is -0.496 e. The van der Waals surface area contributed by atoms with Crippen LogP contribution in [0.3, 0.4) is 0 Å². The summed E-state index contributed by atoms with van der Waals surface area (Å²) in [7, 11) is 1.72. The molecule has 1 unspecified atom stereocenters. The van der Waals surface area contributed by atoms with Crippen molar-refractivity contribution in [3.63, 3.8) is 0 Å². The van der Waals surface area contributed by atoms with E-state index in [9.17, 15) is 0 Å². The number of benzene rings is 1. The van der Waals surface area contributed by atoms with Crippen molar-refractivity contribution in [1.82, 2.24) is 5.32 Å². The molecule has 0 amide bonds. The number of hydrogen-bond donors (Lipinski definition) is 1. The summed E-state index contributed by atoms with van der Waals surface area (Å²) >= 11 is 3.64. The van der Waals surface area contributed by atoms with Crippen molar-refractivity contribution in [3.8, 4) is 5.75 Å². The van der Waals surface area contributed by atoms with Gasteiger partial charge in [0, 0.05) is 10.0 Å². The number of nitrogens with one attached hydrogen (secondary N) is 1. The van der Waals surface area contributed by atoms with Gasteiger partial charge >= 0.3 is 0 Å². The number of rotatable bonds is 3. The highest BCUT2D eigenvalue weighted by Gasteiger charge is 2.23. The Hall–Kier alpha value is -0.580. The lowest BCUT2D eigenvalue weighted by Gasteiger charge is -2.20. The number of fused-ring (bicyclic) bond motifs is 1. The van der Waals surface area contributed by atoms with Crippen LogP contribution < -0.4 is 10.1 Å². The number of likely N-dealkylation sites (N-methyl/N-ethyl adjacent to an activating group) is 1. The molecule has 1 aromatic carbocycles. The SMILES string of the molecule is CCNC1COCCc2c(OC)ccc(Br)c21. The van der Waals surface area contributed by atoms with E-state index in [1.54, 1.807) is 7.11 Å². The summed E-state index contributed by atoms with van der Waals surface area (Å²) in [4.78, 5) is 0. The minimum absolute atomic E-state index is 0.238. The van der Waals surface area contributed by atoms with Gasteiger partial charge in [-0.1, -0.05) is 22.9 Å². The highest BCUT2D eigenvalue weighted by molar-refractivity contribution is 9.10. The molecule has 2 rings (SSSR count). The molecule has 0 saturated heterocycles. The molecular formula is C13H18BrNO2. The summed E-state index contributed by atoms with van der Waals surface area (Å²) < 4.78 is 12.2. The zero-order valence-electron chi connectivity index (χ0n) is 10.3. The first-order valence-corrected chi connectivity index (χ1v) is 6.73. The molecule has 1 atom stereocenters. The second-order valence-corrected chi connectivity index (χ2v) is 4.93. The van der Waals surface area contributed by atoms with E-state index in [1.807, 2.05) is 12.1 Å². The normalized spacial score (nSPS) is 19.6. The van der Waals surface area contributed by atoms with Crippen LogP contribution in [0.4, 0.5) is 0 Å². The first-order chi connectivity index (χ1) is 8.27. The predicted octanol–water partition coefficient (Wildman–Crippen LogP) is 2.68. The molecule has 0 fully saturated rings. The topological polar surface area (TPSA) is 30.5 Å². The first kappa shape index (κ1) is 12.9. The maximum Gasteiger partial charge on any atom is 0.122 e. The third kappa shape index (κ3) is 2.64. The van der Waals surface area contributed by atoms with Crippen molar-refractivity contribution >= 4 is 15.9 Å². The Kier molecular flexibility index (Phi) is 4.42. The van der Waals surface area contributed by atoms with Gasteiger partial charge in [-0.25, -0.2) is 0 Å². The Morgan fingerprint density at radius 2 is 2.35 bits per heavy atom. The standard InChI is InChI=1S/C13H18BrNO2/c1-3-15-11-8-17-7-6-9-12(16-2)5-4-10(14)13(9)11/h4-5,11,15H,3,6-8H2,1-2H3. The molecule has 4 heteroatoms. The van der Waals surface area contributed by atoms with Crippen molar-refractivity contribution in [1.29, 1.82) is 0 Å². The molecule has 0 radical (unpaired) electrons. The molecule has 1 N–H and O–H groups in total. The molecular weight excluding hydrogens is 282 g/mol. The fourth-order valence-electron chi connectivity index (χ4n) is 2.31. The molecule has 94 valence electrons. The quantitative estimate of drug-likeness (QED) is 0.931. The van der Waals surface area contributed by atoms with E-state index >= 15 is 0 Å². The van der Waals surface area contributed by atoms with Crippen LogP contribution in [0.25, 0.3) is 0 Å². The number of ether oxygens (including phenoxy) is 2. The fourth-order valence-corrected chi connectivity index (χ4v) is 2.96. The van der Waals surface area contributed by atoms with E-state index in [4.69, 9.17) is 9.47 Å². The third-order valence-electron chi connectivity index (χ3n) is 3.06. The van der Waals surface area contributed by atoms with Crippen LogP contribution in [0.1, 0.15) is 24.1 Å². The number of hydrogen-bond acceptors (Lipinski definition) is 3. The van der Waals surface area contributed by atoms with Crippen molar-refractivity contribution in [2.45, 2.75) is 19.4 Å². The molecule has 1 aliphatic heterocycles. The number of halogens is 1. The van der Waals surface area contributed by atoms with Gasteiger partial charge in [0.2, 0.25) is 0 Å². The van der Waals surface area contributed by atoms with Crippen molar-refractivity contribution in [2.24, 2.45) is 0 Å². The lowest BCUT2D eigenvalue weighted by molar-refractivity contribution is 0.122. The van der Waals surface area contributed by atoms with Gasteiger partial charge < -0.3 is 14.8 Å². The predicted molar refractivity (Wildman–Crippen MR) is 71.6 cm³/mol. The van der Waals surface area contributed by atoms with Crippen molar-refractivity contribution in [3.05, 3.63) is 27.7 Å². The summed E-state index contributed by atoms with van der Waals surface area (Å²) in [6.07, 6.45) is 0.903. The molecule has 17 heavy (non-hydrogen) atoms. The molecule has 3 nitrogen and oxygen atoms in total. The van der Waals surface area contributed by atoms with Gasteiger partial charge in [0.15, 0.2) is 0 Å². The van der Waals surface area contributed by atoms with Gasteiger partial charge in [0.1, 0.15) is 5.75 Å².